The second-order valence-electron chi connectivity index (χ2n) is 9.92. The van der Waals surface area contributed by atoms with E-state index in [1.54, 1.807) is 52.1 Å². The van der Waals surface area contributed by atoms with Gasteiger partial charge in [0.15, 0.2) is 5.78 Å². The molecule has 1 saturated heterocycles. The maximum atomic E-state index is 13.4. The first kappa shape index (κ1) is 26.4. The number of piperidine rings is 1. The third-order valence-corrected chi connectivity index (χ3v) is 5.95. The van der Waals surface area contributed by atoms with E-state index in [1.807, 2.05) is 35.2 Å². The summed E-state index contributed by atoms with van der Waals surface area (Å²) in [5.74, 6) is -0.180. The molecule has 0 radical (unpaired) electrons. The smallest absolute Gasteiger partial charge is 0.329 e. The van der Waals surface area contributed by atoms with E-state index in [9.17, 15) is 14.4 Å². The normalized spacial score (nSPS) is 17.3. The highest BCUT2D eigenvalue weighted by molar-refractivity contribution is 5.98. The minimum Gasteiger partial charge on any atom is -0.497 e. The van der Waals surface area contributed by atoms with E-state index >= 15 is 0 Å². The Bertz CT molecular complexity index is 1020. The number of rotatable bonds is 9. The Kier molecular flexibility index (Phi) is 9.04. The third-order valence-electron chi connectivity index (χ3n) is 5.95. The first-order chi connectivity index (χ1) is 16.7. The molecular weight excluding hydrogens is 444 g/mol. The van der Waals surface area contributed by atoms with E-state index in [4.69, 9.17) is 9.47 Å². The molecule has 2 atom stereocenters. The van der Waals surface area contributed by atoms with Crippen molar-refractivity contribution in [3.8, 4) is 5.75 Å². The van der Waals surface area contributed by atoms with E-state index in [-0.39, 0.29) is 18.2 Å². The highest BCUT2D eigenvalue weighted by Gasteiger charge is 2.34. The summed E-state index contributed by atoms with van der Waals surface area (Å²) in [7, 11) is 1.56. The zero-order chi connectivity index (χ0) is 25.4. The summed E-state index contributed by atoms with van der Waals surface area (Å²) in [6.07, 6.45) is 2.76. The van der Waals surface area contributed by atoms with Crippen LogP contribution in [0.2, 0.25) is 0 Å². The molecule has 1 fully saturated rings. The van der Waals surface area contributed by atoms with Crippen LogP contribution in [0.25, 0.3) is 0 Å². The highest BCUT2D eigenvalue weighted by atomic mass is 16.6. The predicted octanol–water partition coefficient (Wildman–Crippen LogP) is 3.80. The van der Waals surface area contributed by atoms with E-state index in [2.05, 4.69) is 5.32 Å². The van der Waals surface area contributed by atoms with Crippen molar-refractivity contribution in [2.45, 2.75) is 64.1 Å². The fraction of sp³-hybridized carbons (Fsp3) is 0.464. The summed E-state index contributed by atoms with van der Waals surface area (Å²) in [4.78, 5) is 41.3. The van der Waals surface area contributed by atoms with Gasteiger partial charge in [0, 0.05) is 12.0 Å². The number of carbonyl (C=O) groups is 3. The molecule has 1 N–H and O–H groups in total. The maximum Gasteiger partial charge on any atom is 0.329 e. The lowest BCUT2D eigenvalue weighted by molar-refractivity contribution is -0.159. The van der Waals surface area contributed by atoms with Crippen LogP contribution >= 0.6 is 0 Å². The van der Waals surface area contributed by atoms with Crippen LogP contribution in [-0.4, -0.2) is 60.4 Å². The molecule has 0 unspecified atom stereocenters. The second-order valence-corrected chi connectivity index (χ2v) is 9.92. The molecule has 7 nitrogen and oxygen atoms in total. The average Bonchev–Trinajstić information content (AvgIpc) is 2.83. The number of ether oxygens (including phenoxy) is 2. The van der Waals surface area contributed by atoms with Crippen LogP contribution in [0.3, 0.4) is 0 Å². The number of nitrogens with zero attached hydrogens (tertiary/aromatic N) is 1. The number of carbonyl (C=O) groups excluding carboxylic acids is 3. The van der Waals surface area contributed by atoms with E-state index < -0.39 is 23.7 Å². The van der Waals surface area contributed by atoms with E-state index in [0.29, 0.717) is 30.7 Å². The predicted molar refractivity (Wildman–Crippen MR) is 134 cm³/mol. The van der Waals surface area contributed by atoms with Crippen LogP contribution in [0.15, 0.2) is 54.6 Å². The molecule has 1 aliphatic rings. The van der Waals surface area contributed by atoms with Crippen LogP contribution in [0, 0.1) is 0 Å². The Balaban J connectivity index is 1.73. The molecule has 35 heavy (non-hydrogen) atoms. The van der Waals surface area contributed by atoms with Gasteiger partial charge in [0.25, 0.3) is 0 Å². The van der Waals surface area contributed by atoms with Gasteiger partial charge in [-0.25, -0.2) is 4.79 Å². The van der Waals surface area contributed by atoms with Gasteiger partial charge in [0.05, 0.1) is 19.7 Å². The number of ketones is 1. The van der Waals surface area contributed by atoms with Gasteiger partial charge in [-0.1, -0.05) is 48.9 Å². The number of hydrogen-bond acceptors (Lipinski definition) is 6. The van der Waals surface area contributed by atoms with Gasteiger partial charge in [-0.2, -0.15) is 0 Å². The molecule has 0 saturated carbocycles. The van der Waals surface area contributed by atoms with Crippen molar-refractivity contribution in [3.63, 3.8) is 0 Å². The summed E-state index contributed by atoms with van der Waals surface area (Å²) in [5, 5.41) is 2.93. The molecule has 2 aromatic rings. The van der Waals surface area contributed by atoms with Crippen molar-refractivity contribution in [2.24, 2.45) is 0 Å². The Hall–Kier alpha value is -3.19. The molecule has 1 amide bonds. The molecule has 188 valence electrons. The number of benzene rings is 2. The molecular formula is C28H36N2O5. The Morgan fingerprint density at radius 3 is 2.49 bits per heavy atom. The van der Waals surface area contributed by atoms with E-state index in [0.717, 1.165) is 18.4 Å². The van der Waals surface area contributed by atoms with Crippen molar-refractivity contribution in [1.29, 1.82) is 0 Å². The molecule has 2 aromatic carbocycles. The number of methoxy groups -OCH3 is 1. The monoisotopic (exact) mass is 480 g/mol. The summed E-state index contributed by atoms with van der Waals surface area (Å²) in [6.45, 7) is 6.18. The van der Waals surface area contributed by atoms with Crippen molar-refractivity contribution in [2.75, 3.05) is 20.2 Å². The lowest BCUT2D eigenvalue weighted by Gasteiger charge is -2.35. The zero-order valence-electron chi connectivity index (χ0n) is 21.1. The Morgan fingerprint density at radius 1 is 1.06 bits per heavy atom. The van der Waals surface area contributed by atoms with Crippen LogP contribution < -0.4 is 10.1 Å². The minimum atomic E-state index is -0.818. The molecule has 1 aliphatic heterocycles. The fourth-order valence-corrected chi connectivity index (χ4v) is 4.23. The van der Waals surface area contributed by atoms with E-state index in [1.165, 1.54) is 0 Å². The summed E-state index contributed by atoms with van der Waals surface area (Å²) in [5.41, 5.74) is 0.804. The number of esters is 1. The highest BCUT2D eigenvalue weighted by Crippen LogP contribution is 2.20. The van der Waals surface area contributed by atoms with Gasteiger partial charge in [-0.3, -0.25) is 14.5 Å². The van der Waals surface area contributed by atoms with Crippen molar-refractivity contribution in [3.05, 3.63) is 65.7 Å². The van der Waals surface area contributed by atoms with Crippen LogP contribution in [-0.2, 0) is 20.7 Å². The first-order valence-corrected chi connectivity index (χ1v) is 12.1. The summed E-state index contributed by atoms with van der Waals surface area (Å²) >= 11 is 0. The Labute approximate surface area is 207 Å². The maximum absolute atomic E-state index is 13.4. The first-order valence-electron chi connectivity index (χ1n) is 12.1. The summed E-state index contributed by atoms with van der Waals surface area (Å²) < 4.78 is 10.8. The largest absolute Gasteiger partial charge is 0.497 e. The van der Waals surface area contributed by atoms with Crippen molar-refractivity contribution in [1.82, 2.24) is 10.2 Å². The molecule has 0 aliphatic carbocycles. The molecule has 0 spiro atoms. The second kappa shape index (κ2) is 12.0. The van der Waals surface area contributed by atoms with Gasteiger partial charge >= 0.3 is 5.97 Å². The van der Waals surface area contributed by atoms with Gasteiger partial charge in [0.2, 0.25) is 5.91 Å². The lowest BCUT2D eigenvalue weighted by Crippen LogP contribution is -2.55. The third kappa shape index (κ3) is 7.92. The van der Waals surface area contributed by atoms with Gasteiger partial charge < -0.3 is 14.8 Å². The van der Waals surface area contributed by atoms with Crippen molar-refractivity contribution >= 4 is 17.7 Å². The van der Waals surface area contributed by atoms with Crippen LogP contribution in [0.1, 0.15) is 56.0 Å². The number of nitrogens with one attached hydrogen (secondary N) is 1. The van der Waals surface area contributed by atoms with Crippen LogP contribution in [0.4, 0.5) is 0 Å². The van der Waals surface area contributed by atoms with Gasteiger partial charge in [0.1, 0.15) is 17.4 Å². The van der Waals surface area contributed by atoms with Crippen LogP contribution in [0.5, 0.6) is 5.75 Å². The quantitative estimate of drug-likeness (QED) is 0.434. The number of hydrogen-bond donors (Lipinski definition) is 1. The van der Waals surface area contributed by atoms with Gasteiger partial charge in [-0.15, -0.1) is 0 Å². The molecule has 3 rings (SSSR count). The number of amides is 1. The number of likely N-dealkylation sites (tertiary alicyclic amines) is 1. The fourth-order valence-electron chi connectivity index (χ4n) is 4.23. The zero-order valence-corrected chi connectivity index (χ0v) is 21.1. The number of Topliss-reactive ketones (excluding diaryl/α,β-unsaturated/α-hetero) is 1. The standard InChI is InChI=1S/C28H36N2O5/c1-28(2,3)35-27(33)23(17-20-11-6-5-7-12-20)29-26(32)24-15-8-9-16-30(24)19-25(31)21-13-10-14-22(18-21)34-4/h5-7,10-14,18,23-24H,8-9,15-17,19H2,1-4H3,(H,29,32)/t23-,24+/m1/s1. The molecule has 0 bridgehead atoms. The minimum absolute atomic E-state index is 0.0726. The SMILES string of the molecule is COc1cccc(C(=O)CN2CCCC[C@H]2C(=O)N[C@H](Cc2ccccc2)C(=O)OC(C)(C)C)c1. The van der Waals surface area contributed by atoms with Gasteiger partial charge in [-0.05, 0) is 57.9 Å². The topological polar surface area (TPSA) is 84.9 Å². The average molecular weight is 481 g/mol. The lowest BCUT2D eigenvalue weighted by atomic mass is 9.99. The molecule has 1 heterocycles. The molecule has 7 heteroatoms. The summed E-state index contributed by atoms with van der Waals surface area (Å²) in [6, 6.07) is 15.3. The van der Waals surface area contributed by atoms with Crippen molar-refractivity contribution < 1.29 is 23.9 Å². The molecule has 0 aromatic heterocycles. The Morgan fingerprint density at radius 2 is 1.80 bits per heavy atom.